The van der Waals surface area contributed by atoms with Crippen LogP contribution in [0.2, 0.25) is 0 Å². The van der Waals surface area contributed by atoms with Crippen LogP contribution < -0.4 is 5.32 Å². The minimum atomic E-state index is -3.19. The van der Waals surface area contributed by atoms with Gasteiger partial charge in [-0.15, -0.1) is 0 Å². The van der Waals surface area contributed by atoms with Crippen LogP contribution in [0.15, 0.2) is 54.6 Å². The molecule has 0 aliphatic rings. The summed E-state index contributed by atoms with van der Waals surface area (Å²) in [6.07, 6.45) is -0.389. The number of amides is 1. The van der Waals surface area contributed by atoms with Gasteiger partial charge in [0.15, 0.2) is 0 Å². The molecule has 0 heterocycles. The van der Waals surface area contributed by atoms with Crippen molar-refractivity contribution in [1.29, 1.82) is 0 Å². The number of esters is 1. The highest BCUT2D eigenvalue weighted by Crippen LogP contribution is 2.49. The molecule has 2 aromatic carbocycles. The summed E-state index contributed by atoms with van der Waals surface area (Å²) in [6.45, 7) is 5.32. The molecule has 0 radical (unpaired) electrons. The van der Waals surface area contributed by atoms with Crippen molar-refractivity contribution in [3.8, 4) is 0 Å². The highest BCUT2D eigenvalue weighted by atomic mass is 31.2. The Morgan fingerprint density at radius 1 is 0.909 bits per heavy atom. The SMILES string of the molecule is COP(=O)(Cc1ccc(C[C@H](NC(=O)OC(C)(C)C)C(=O)OCc2ccccc2)cc1)OC. The number of hydrogen-bond donors (Lipinski definition) is 1. The Bertz CT molecular complexity index is 947. The van der Waals surface area contributed by atoms with Crippen molar-refractivity contribution in [3.05, 3.63) is 71.3 Å². The van der Waals surface area contributed by atoms with E-state index >= 15 is 0 Å². The highest BCUT2D eigenvalue weighted by Gasteiger charge is 2.26. The second-order valence-corrected chi connectivity index (χ2v) is 10.7. The molecule has 0 aromatic heterocycles. The van der Waals surface area contributed by atoms with E-state index in [0.29, 0.717) is 0 Å². The summed E-state index contributed by atoms with van der Waals surface area (Å²) in [5.74, 6) is -0.572. The monoisotopic (exact) mass is 477 g/mol. The van der Waals surface area contributed by atoms with Crippen LogP contribution in [0.1, 0.15) is 37.5 Å². The number of ether oxygens (including phenoxy) is 2. The van der Waals surface area contributed by atoms with Crippen molar-refractivity contribution >= 4 is 19.7 Å². The Morgan fingerprint density at radius 2 is 1.48 bits per heavy atom. The van der Waals surface area contributed by atoms with Crippen LogP contribution in [0, 0.1) is 0 Å². The fourth-order valence-electron chi connectivity index (χ4n) is 2.92. The van der Waals surface area contributed by atoms with Gasteiger partial charge in [-0.05, 0) is 37.5 Å². The molecule has 0 unspecified atom stereocenters. The third-order valence-corrected chi connectivity index (χ3v) is 6.46. The molecule has 2 rings (SSSR count). The van der Waals surface area contributed by atoms with E-state index in [2.05, 4.69) is 5.32 Å². The van der Waals surface area contributed by atoms with Gasteiger partial charge < -0.3 is 23.8 Å². The standard InChI is InChI=1S/C24H32NO7P/c1-24(2,3)32-23(27)25-21(22(26)31-16-19-9-7-6-8-10-19)15-18-11-13-20(14-12-18)17-33(28,29-4)30-5/h6-14,21H,15-17H2,1-5H3,(H,25,27)/t21-/m0/s1. The molecule has 33 heavy (non-hydrogen) atoms. The van der Waals surface area contributed by atoms with Gasteiger partial charge in [0.1, 0.15) is 18.2 Å². The predicted octanol–water partition coefficient (Wildman–Crippen LogP) is 4.85. The van der Waals surface area contributed by atoms with E-state index in [9.17, 15) is 14.2 Å². The molecule has 9 heteroatoms. The molecule has 1 N–H and O–H groups in total. The average molecular weight is 477 g/mol. The lowest BCUT2D eigenvalue weighted by Gasteiger charge is -2.23. The van der Waals surface area contributed by atoms with Crippen molar-refractivity contribution in [2.75, 3.05) is 14.2 Å². The lowest BCUT2D eigenvalue weighted by Crippen LogP contribution is -2.45. The quantitative estimate of drug-likeness (QED) is 0.386. The topological polar surface area (TPSA) is 100 Å². The zero-order valence-corrected chi connectivity index (χ0v) is 20.6. The maximum absolute atomic E-state index is 12.8. The van der Waals surface area contributed by atoms with Gasteiger partial charge in [0.25, 0.3) is 0 Å². The minimum absolute atomic E-state index is 0.0917. The fraction of sp³-hybridized carbons (Fsp3) is 0.417. The number of alkyl carbamates (subject to hydrolysis) is 1. The third kappa shape index (κ3) is 9.38. The summed E-state index contributed by atoms with van der Waals surface area (Å²) in [5.41, 5.74) is 1.67. The van der Waals surface area contributed by atoms with E-state index in [1.54, 1.807) is 45.0 Å². The van der Waals surface area contributed by atoms with E-state index in [1.807, 2.05) is 30.3 Å². The van der Waals surface area contributed by atoms with Gasteiger partial charge >= 0.3 is 19.7 Å². The molecule has 0 saturated carbocycles. The van der Waals surface area contributed by atoms with Crippen LogP contribution in [0.4, 0.5) is 4.79 Å². The molecule has 0 spiro atoms. The zero-order chi connectivity index (χ0) is 24.5. The molecule has 0 aliphatic heterocycles. The normalized spacial score (nSPS) is 12.6. The van der Waals surface area contributed by atoms with E-state index in [-0.39, 0.29) is 19.2 Å². The number of rotatable bonds is 10. The predicted molar refractivity (Wildman–Crippen MR) is 125 cm³/mol. The second kappa shape index (κ2) is 12.0. The molecular weight excluding hydrogens is 445 g/mol. The van der Waals surface area contributed by atoms with Crippen molar-refractivity contribution in [2.24, 2.45) is 0 Å². The van der Waals surface area contributed by atoms with Crippen LogP contribution in [-0.2, 0) is 47.1 Å². The molecule has 0 aliphatic carbocycles. The first kappa shape index (κ1) is 26.6. The lowest BCUT2D eigenvalue weighted by atomic mass is 10.0. The lowest BCUT2D eigenvalue weighted by molar-refractivity contribution is -0.147. The number of benzene rings is 2. The number of nitrogens with one attached hydrogen (secondary N) is 1. The van der Waals surface area contributed by atoms with Crippen LogP contribution in [0.5, 0.6) is 0 Å². The van der Waals surface area contributed by atoms with Gasteiger partial charge in [0.2, 0.25) is 0 Å². The molecule has 0 saturated heterocycles. The van der Waals surface area contributed by atoms with E-state index in [1.165, 1.54) is 14.2 Å². The molecular formula is C24H32NO7P. The maximum Gasteiger partial charge on any atom is 0.408 e. The van der Waals surface area contributed by atoms with Gasteiger partial charge in [-0.25, -0.2) is 9.59 Å². The Kier molecular flexibility index (Phi) is 9.65. The van der Waals surface area contributed by atoms with Crippen LogP contribution in [0.3, 0.4) is 0 Å². The van der Waals surface area contributed by atoms with Crippen molar-refractivity contribution < 1.29 is 32.7 Å². The highest BCUT2D eigenvalue weighted by molar-refractivity contribution is 7.52. The summed E-state index contributed by atoms with van der Waals surface area (Å²) in [6, 6.07) is 15.5. The average Bonchev–Trinajstić information content (AvgIpc) is 2.77. The first-order valence-corrected chi connectivity index (χ1v) is 12.2. The third-order valence-electron chi connectivity index (χ3n) is 4.59. The molecule has 2 aromatic rings. The molecule has 180 valence electrons. The van der Waals surface area contributed by atoms with Crippen molar-refractivity contribution in [1.82, 2.24) is 5.32 Å². The van der Waals surface area contributed by atoms with Crippen molar-refractivity contribution in [2.45, 2.75) is 51.6 Å². The number of hydrogen-bond acceptors (Lipinski definition) is 7. The maximum atomic E-state index is 12.8. The molecule has 0 bridgehead atoms. The molecule has 1 amide bonds. The Labute approximate surface area is 195 Å². The van der Waals surface area contributed by atoms with Gasteiger partial charge in [0, 0.05) is 20.6 Å². The Morgan fingerprint density at radius 3 is 2.03 bits per heavy atom. The van der Waals surface area contributed by atoms with E-state index in [4.69, 9.17) is 18.5 Å². The van der Waals surface area contributed by atoms with Gasteiger partial charge in [-0.3, -0.25) is 4.57 Å². The molecule has 8 nitrogen and oxygen atoms in total. The Hall–Kier alpha value is -2.67. The fourth-order valence-corrected chi connectivity index (χ4v) is 3.98. The first-order valence-electron chi connectivity index (χ1n) is 10.5. The minimum Gasteiger partial charge on any atom is -0.459 e. The smallest absolute Gasteiger partial charge is 0.408 e. The van der Waals surface area contributed by atoms with Crippen LogP contribution in [0.25, 0.3) is 0 Å². The summed E-state index contributed by atoms with van der Waals surface area (Å²) in [7, 11) is -0.507. The molecule has 1 atom stereocenters. The van der Waals surface area contributed by atoms with Gasteiger partial charge in [0.05, 0.1) is 6.16 Å². The summed E-state index contributed by atoms with van der Waals surface area (Å²) in [5, 5.41) is 2.61. The molecule has 0 fully saturated rings. The number of carbonyl (C=O) groups excluding carboxylic acids is 2. The zero-order valence-electron chi connectivity index (χ0n) is 19.7. The largest absolute Gasteiger partial charge is 0.459 e. The van der Waals surface area contributed by atoms with Crippen molar-refractivity contribution in [3.63, 3.8) is 0 Å². The first-order chi connectivity index (χ1) is 15.5. The summed E-state index contributed by atoms with van der Waals surface area (Å²) >= 11 is 0. The second-order valence-electron chi connectivity index (χ2n) is 8.45. The van der Waals surface area contributed by atoms with Crippen LogP contribution >= 0.6 is 7.60 Å². The van der Waals surface area contributed by atoms with Gasteiger partial charge in [-0.1, -0.05) is 54.6 Å². The van der Waals surface area contributed by atoms with Crippen LogP contribution in [-0.4, -0.2) is 37.9 Å². The van der Waals surface area contributed by atoms with Gasteiger partial charge in [-0.2, -0.15) is 0 Å². The summed E-state index contributed by atoms with van der Waals surface area (Å²) in [4.78, 5) is 25.1. The Balaban J connectivity index is 2.10. The number of carbonyl (C=O) groups is 2. The van der Waals surface area contributed by atoms with E-state index in [0.717, 1.165) is 16.7 Å². The summed E-state index contributed by atoms with van der Waals surface area (Å²) < 4.78 is 33.0. The van der Waals surface area contributed by atoms with E-state index < -0.39 is 31.3 Å².